The van der Waals surface area contributed by atoms with Crippen molar-refractivity contribution in [1.82, 2.24) is 0 Å². The average Bonchev–Trinajstić information content (AvgIpc) is 4.02. The Morgan fingerprint density at radius 3 is 1.78 bits per heavy atom. The quantitative estimate of drug-likeness (QED) is 0.157. The van der Waals surface area contributed by atoms with Crippen LogP contribution in [0.5, 0.6) is 0 Å². The molecule has 0 spiro atoms. The third-order valence-corrected chi connectivity index (χ3v) is 14.5. The Bertz CT molecular complexity index is 3280. The van der Waals surface area contributed by atoms with E-state index in [4.69, 9.17) is 0 Å². The summed E-state index contributed by atoms with van der Waals surface area (Å²) in [4.78, 5) is 0. The highest BCUT2D eigenvalue weighted by atomic mass is 14.4. The van der Waals surface area contributed by atoms with Crippen molar-refractivity contribution in [2.24, 2.45) is 0 Å². The minimum Gasteiger partial charge on any atom is -0.0619 e. The molecule has 0 saturated carbocycles. The van der Waals surface area contributed by atoms with Crippen LogP contribution in [0.25, 0.3) is 66.4 Å². The van der Waals surface area contributed by atoms with Crippen LogP contribution in [0, 0.1) is 0 Å². The van der Waals surface area contributed by atoms with E-state index in [9.17, 15) is 0 Å². The first-order valence-electron chi connectivity index (χ1n) is 21.3. The van der Waals surface area contributed by atoms with Crippen molar-refractivity contribution in [3.05, 3.63) is 237 Å². The maximum Gasteiger partial charge on any atom is 0.0343 e. The van der Waals surface area contributed by atoms with E-state index in [0.717, 1.165) is 19.3 Å². The normalized spacial score (nSPS) is 14.8. The molecule has 1 unspecified atom stereocenters. The van der Waals surface area contributed by atoms with Crippen molar-refractivity contribution in [3.8, 4) is 55.6 Å². The largest absolute Gasteiger partial charge is 0.0619 e. The minimum absolute atomic E-state index is 0.0747. The molecule has 0 heterocycles. The molecule has 0 heteroatoms. The topological polar surface area (TPSA) is 0 Å². The molecule has 0 N–H and O–H groups in total. The van der Waals surface area contributed by atoms with Gasteiger partial charge < -0.3 is 0 Å². The van der Waals surface area contributed by atoms with E-state index in [-0.39, 0.29) is 11.3 Å². The van der Waals surface area contributed by atoms with Crippen LogP contribution >= 0.6 is 0 Å². The third kappa shape index (κ3) is 4.66. The molecule has 0 nitrogen and oxygen atoms in total. The summed E-state index contributed by atoms with van der Waals surface area (Å²) in [5, 5.41) is 2.66. The van der Waals surface area contributed by atoms with E-state index in [0.29, 0.717) is 0 Å². The zero-order valence-electron chi connectivity index (χ0n) is 33.4. The van der Waals surface area contributed by atoms with E-state index < -0.39 is 0 Å². The first-order chi connectivity index (χ1) is 29.0. The lowest BCUT2D eigenvalue weighted by atomic mass is 9.77. The van der Waals surface area contributed by atoms with E-state index in [2.05, 4.69) is 190 Å². The molecule has 9 aromatic rings. The Balaban J connectivity index is 1.02. The standard InChI is InChI=1S/C59H42/c1-59(2)55-24-10-9-19-46(55)47-28-27-40(34-56(47)59)57(48-22-11-20-44-41-16-6-3-13-35(41)29-51(44)48)39-26-25-38-32-54-53(50(38)33-39)31-37-15-5-8-18-43(37)58(54)49-23-12-21-45-42-17-7-4-14-36(42)30-52(45)49/h3-28,31,33-34,57H,29-30,32H2,1-2H3. The first kappa shape index (κ1) is 33.2. The Morgan fingerprint density at radius 1 is 0.373 bits per heavy atom. The Morgan fingerprint density at radius 2 is 0.949 bits per heavy atom. The molecular formula is C59H42. The predicted molar refractivity (Wildman–Crippen MR) is 246 cm³/mol. The van der Waals surface area contributed by atoms with E-state index in [1.54, 1.807) is 0 Å². The lowest BCUT2D eigenvalue weighted by Gasteiger charge is -2.26. The van der Waals surface area contributed by atoms with Gasteiger partial charge in [0.05, 0.1) is 0 Å². The number of rotatable bonds is 4. The fraction of sp³-hybridized carbons (Fsp3) is 0.119. The van der Waals surface area contributed by atoms with Gasteiger partial charge >= 0.3 is 0 Å². The summed E-state index contributed by atoms with van der Waals surface area (Å²) in [6.07, 6.45) is 2.88. The van der Waals surface area contributed by atoms with Gasteiger partial charge in [0.15, 0.2) is 0 Å². The van der Waals surface area contributed by atoms with Crippen LogP contribution in [0.15, 0.2) is 176 Å². The average molecular weight is 751 g/mol. The Hall–Kier alpha value is -6.76. The van der Waals surface area contributed by atoms with Gasteiger partial charge in [-0.1, -0.05) is 178 Å². The minimum atomic E-state index is -0.0747. The van der Waals surface area contributed by atoms with E-state index in [1.165, 1.54) is 128 Å². The molecule has 0 radical (unpaired) electrons. The van der Waals surface area contributed by atoms with Crippen molar-refractivity contribution in [2.45, 2.75) is 44.4 Å². The summed E-state index contributed by atoms with van der Waals surface area (Å²) in [6.45, 7) is 4.81. The van der Waals surface area contributed by atoms with Crippen LogP contribution in [0.3, 0.4) is 0 Å². The van der Waals surface area contributed by atoms with Crippen LogP contribution in [0.4, 0.5) is 0 Å². The maximum atomic E-state index is 2.57. The third-order valence-electron chi connectivity index (χ3n) is 14.5. The van der Waals surface area contributed by atoms with E-state index >= 15 is 0 Å². The number of fused-ring (bicyclic) bond motifs is 13. The fourth-order valence-electron chi connectivity index (χ4n) is 11.8. The predicted octanol–water partition coefficient (Wildman–Crippen LogP) is 14.7. The van der Waals surface area contributed by atoms with Gasteiger partial charge in [0.25, 0.3) is 0 Å². The SMILES string of the molecule is CC1(C)c2ccccc2-c2ccc(C(c3ccc4c(c3)-c3cc5ccccc5c(-c5cccc6c5Cc5ccccc5-6)c3C4)c3cccc4c3Cc3ccccc3-4)cc21. The van der Waals surface area contributed by atoms with Gasteiger partial charge in [-0.25, -0.2) is 0 Å². The molecule has 0 fully saturated rings. The molecule has 0 saturated heterocycles. The highest BCUT2D eigenvalue weighted by Crippen LogP contribution is 2.53. The van der Waals surface area contributed by atoms with Crippen LogP contribution in [-0.2, 0) is 24.7 Å². The second-order valence-electron chi connectivity index (χ2n) is 17.9. The molecule has 4 aliphatic rings. The second kappa shape index (κ2) is 12.1. The number of hydrogen-bond acceptors (Lipinski definition) is 0. The lowest BCUT2D eigenvalue weighted by Crippen LogP contribution is -2.16. The van der Waals surface area contributed by atoms with Gasteiger partial charge in [0.1, 0.15) is 0 Å². The summed E-state index contributed by atoms with van der Waals surface area (Å²) in [5.41, 5.74) is 29.5. The molecule has 9 aromatic carbocycles. The van der Waals surface area contributed by atoms with Crippen molar-refractivity contribution in [1.29, 1.82) is 0 Å². The molecule has 0 bridgehead atoms. The molecule has 4 aliphatic carbocycles. The van der Waals surface area contributed by atoms with Gasteiger partial charge in [-0.05, 0) is 159 Å². The first-order valence-corrected chi connectivity index (χ1v) is 21.3. The summed E-state index contributed by atoms with van der Waals surface area (Å²) in [5.74, 6) is 0.0780. The highest BCUT2D eigenvalue weighted by molar-refractivity contribution is 6.06. The molecule has 0 aromatic heterocycles. The smallest absolute Gasteiger partial charge is 0.0343 e. The number of hydrogen-bond donors (Lipinski definition) is 0. The van der Waals surface area contributed by atoms with Gasteiger partial charge in [-0.2, -0.15) is 0 Å². The summed E-state index contributed by atoms with van der Waals surface area (Å²) < 4.78 is 0. The summed E-state index contributed by atoms with van der Waals surface area (Å²) >= 11 is 0. The Labute approximate surface area is 346 Å². The van der Waals surface area contributed by atoms with Gasteiger partial charge in [-0.3, -0.25) is 0 Å². The fourth-order valence-corrected chi connectivity index (χ4v) is 11.8. The maximum absolute atomic E-state index is 2.57. The molecule has 13 rings (SSSR count). The zero-order valence-corrected chi connectivity index (χ0v) is 33.4. The van der Waals surface area contributed by atoms with Gasteiger partial charge in [-0.15, -0.1) is 0 Å². The molecule has 59 heavy (non-hydrogen) atoms. The molecular weight excluding hydrogens is 709 g/mol. The zero-order chi connectivity index (χ0) is 39.0. The lowest BCUT2D eigenvalue weighted by molar-refractivity contribution is 0.659. The van der Waals surface area contributed by atoms with Gasteiger partial charge in [0, 0.05) is 11.3 Å². The molecule has 0 amide bonds. The molecule has 278 valence electrons. The van der Waals surface area contributed by atoms with E-state index in [1.807, 2.05) is 0 Å². The van der Waals surface area contributed by atoms with Crippen molar-refractivity contribution >= 4 is 10.8 Å². The highest BCUT2D eigenvalue weighted by Gasteiger charge is 2.37. The monoisotopic (exact) mass is 750 g/mol. The van der Waals surface area contributed by atoms with Crippen LogP contribution < -0.4 is 0 Å². The van der Waals surface area contributed by atoms with Crippen molar-refractivity contribution in [3.63, 3.8) is 0 Å². The van der Waals surface area contributed by atoms with Crippen LogP contribution in [-0.4, -0.2) is 0 Å². The molecule has 0 aliphatic heterocycles. The summed E-state index contributed by atoms with van der Waals surface area (Å²) in [6, 6.07) is 67.5. The van der Waals surface area contributed by atoms with Crippen molar-refractivity contribution < 1.29 is 0 Å². The second-order valence-corrected chi connectivity index (χ2v) is 17.9. The van der Waals surface area contributed by atoms with Crippen molar-refractivity contribution in [2.75, 3.05) is 0 Å². The summed E-state index contributed by atoms with van der Waals surface area (Å²) in [7, 11) is 0. The van der Waals surface area contributed by atoms with Crippen LogP contribution in [0.1, 0.15) is 81.0 Å². The number of benzene rings is 9. The molecule has 1 atom stereocenters. The van der Waals surface area contributed by atoms with Crippen LogP contribution in [0.2, 0.25) is 0 Å². The Kier molecular flexibility index (Phi) is 6.84. The van der Waals surface area contributed by atoms with Gasteiger partial charge in [0.2, 0.25) is 0 Å².